The molecule has 2 rings (SSSR count). The summed E-state index contributed by atoms with van der Waals surface area (Å²) in [5.74, 6) is 0.574. The molecule has 0 radical (unpaired) electrons. The highest BCUT2D eigenvalue weighted by Gasteiger charge is 2.51. The van der Waals surface area contributed by atoms with Crippen LogP contribution in [0.4, 0.5) is 0 Å². The zero-order valence-electron chi connectivity index (χ0n) is 12.2. The molecule has 1 amide bonds. The third-order valence-electron chi connectivity index (χ3n) is 5.11. The molecule has 3 N–H and O–H groups in total. The number of nitrogens with one attached hydrogen (secondary N) is 1. The van der Waals surface area contributed by atoms with E-state index in [1.54, 1.807) is 0 Å². The van der Waals surface area contributed by atoms with E-state index >= 15 is 0 Å². The molecule has 0 unspecified atom stereocenters. The van der Waals surface area contributed by atoms with Gasteiger partial charge in [0.2, 0.25) is 5.91 Å². The lowest BCUT2D eigenvalue weighted by Crippen LogP contribution is -2.61. The van der Waals surface area contributed by atoms with Gasteiger partial charge in [0.05, 0.1) is 10.4 Å². The maximum atomic E-state index is 12.4. The summed E-state index contributed by atoms with van der Waals surface area (Å²) in [4.78, 5) is 15.0. The molecule has 0 aromatic carbocycles. The van der Waals surface area contributed by atoms with Crippen LogP contribution >= 0.6 is 12.2 Å². The first-order valence-corrected chi connectivity index (χ1v) is 7.49. The molecule has 0 bridgehead atoms. The molecule has 19 heavy (non-hydrogen) atoms. The zero-order chi connectivity index (χ0) is 14.3. The van der Waals surface area contributed by atoms with Crippen LogP contribution in [0.3, 0.4) is 0 Å². The van der Waals surface area contributed by atoms with Crippen LogP contribution in [0, 0.1) is 11.3 Å². The van der Waals surface area contributed by atoms with Crippen molar-refractivity contribution >= 4 is 23.1 Å². The first kappa shape index (κ1) is 14.7. The Morgan fingerprint density at radius 2 is 2.00 bits per heavy atom. The Hall–Kier alpha value is -0.680. The monoisotopic (exact) mass is 283 g/mol. The van der Waals surface area contributed by atoms with Crippen LogP contribution in [-0.2, 0) is 4.79 Å². The second-order valence-corrected chi connectivity index (χ2v) is 7.05. The van der Waals surface area contributed by atoms with Gasteiger partial charge in [-0.25, -0.2) is 0 Å². The van der Waals surface area contributed by atoms with Gasteiger partial charge >= 0.3 is 0 Å². The van der Waals surface area contributed by atoms with E-state index in [1.165, 1.54) is 6.42 Å². The summed E-state index contributed by atoms with van der Waals surface area (Å²) in [7, 11) is 4.17. The zero-order valence-corrected chi connectivity index (χ0v) is 13.0. The maximum Gasteiger partial charge on any atom is 0.233 e. The Labute approximate surface area is 121 Å². The number of hydrogen-bond donors (Lipinski definition) is 2. The van der Waals surface area contributed by atoms with Crippen molar-refractivity contribution in [1.82, 2.24) is 10.2 Å². The summed E-state index contributed by atoms with van der Waals surface area (Å²) in [5, 5.41) is 3.10. The molecule has 2 aliphatic rings. The van der Waals surface area contributed by atoms with Crippen molar-refractivity contribution in [2.24, 2.45) is 17.1 Å². The smallest absolute Gasteiger partial charge is 0.233 e. The molecule has 108 valence electrons. The van der Waals surface area contributed by atoms with Gasteiger partial charge in [-0.15, -0.1) is 0 Å². The number of thiocarbonyl (C=S) groups is 1. The van der Waals surface area contributed by atoms with Gasteiger partial charge in [0, 0.05) is 12.1 Å². The lowest BCUT2D eigenvalue weighted by Gasteiger charge is -2.49. The summed E-state index contributed by atoms with van der Waals surface area (Å²) in [6.07, 6.45) is 5.13. The third kappa shape index (κ3) is 2.38. The molecule has 5 heteroatoms. The fraction of sp³-hybridized carbons (Fsp3) is 0.857. The minimum absolute atomic E-state index is 0.0335. The van der Waals surface area contributed by atoms with E-state index in [4.69, 9.17) is 18.0 Å². The molecule has 2 aliphatic carbocycles. The van der Waals surface area contributed by atoms with Crippen LogP contribution in [0.5, 0.6) is 0 Å². The highest BCUT2D eigenvalue weighted by molar-refractivity contribution is 7.80. The molecule has 0 heterocycles. The Morgan fingerprint density at radius 3 is 2.32 bits per heavy atom. The Morgan fingerprint density at radius 1 is 1.42 bits per heavy atom. The Kier molecular flexibility index (Phi) is 3.89. The minimum Gasteiger partial charge on any atom is -0.392 e. The molecule has 0 spiro atoms. The predicted octanol–water partition coefficient (Wildman–Crippen LogP) is 1.29. The van der Waals surface area contributed by atoms with Gasteiger partial charge in [-0.3, -0.25) is 4.79 Å². The number of nitrogens with zero attached hydrogens (tertiary/aromatic N) is 1. The average molecular weight is 283 g/mol. The summed E-state index contributed by atoms with van der Waals surface area (Å²) >= 11 is 5.12. The van der Waals surface area contributed by atoms with Gasteiger partial charge in [-0.05, 0) is 52.1 Å². The van der Waals surface area contributed by atoms with Gasteiger partial charge in [-0.1, -0.05) is 19.1 Å². The number of rotatable bonds is 5. The molecular weight excluding hydrogens is 258 g/mol. The highest BCUT2D eigenvalue weighted by atomic mass is 32.1. The third-order valence-corrected chi connectivity index (χ3v) is 5.50. The number of carbonyl (C=O) groups excluding carboxylic acids is 1. The number of carbonyl (C=O) groups is 1. The molecule has 2 fully saturated rings. The average Bonchev–Trinajstić information content (AvgIpc) is 2.21. The van der Waals surface area contributed by atoms with Crippen molar-refractivity contribution in [3.8, 4) is 0 Å². The lowest BCUT2D eigenvalue weighted by molar-refractivity contribution is -0.133. The number of likely N-dealkylation sites (N-methyl/N-ethyl adjacent to an activating group) is 1. The molecule has 0 saturated heterocycles. The van der Waals surface area contributed by atoms with Crippen LogP contribution < -0.4 is 11.1 Å². The van der Waals surface area contributed by atoms with Crippen molar-refractivity contribution in [3.63, 3.8) is 0 Å². The van der Waals surface area contributed by atoms with Gasteiger partial charge in [-0.2, -0.15) is 0 Å². The van der Waals surface area contributed by atoms with E-state index in [0.29, 0.717) is 17.5 Å². The van der Waals surface area contributed by atoms with E-state index < -0.39 is 5.41 Å². The predicted molar refractivity (Wildman–Crippen MR) is 80.9 cm³/mol. The van der Waals surface area contributed by atoms with E-state index in [9.17, 15) is 4.79 Å². The Balaban J connectivity index is 1.96. The Bertz CT molecular complexity index is 384. The first-order chi connectivity index (χ1) is 8.82. The molecule has 0 aliphatic heterocycles. The number of nitrogens with two attached hydrogens (primary N) is 1. The molecule has 4 nitrogen and oxygen atoms in total. The molecule has 0 atom stereocenters. The van der Waals surface area contributed by atoms with E-state index in [2.05, 4.69) is 31.2 Å². The fourth-order valence-electron chi connectivity index (χ4n) is 3.41. The topological polar surface area (TPSA) is 58.4 Å². The molecular formula is C14H25N3OS. The maximum absolute atomic E-state index is 12.4. The summed E-state index contributed by atoms with van der Waals surface area (Å²) in [5.41, 5.74) is 5.37. The van der Waals surface area contributed by atoms with Crippen LogP contribution in [0.15, 0.2) is 0 Å². The summed E-state index contributed by atoms with van der Waals surface area (Å²) in [6.45, 7) is 2.84. The standard InChI is InChI=1S/C14H25N3OS/c1-10-7-14(8-10,11(15)19)12(18)16-9-13(17(2)3)5-4-6-13/h10H,4-9H2,1-3H3,(H2,15,19)(H,16,18). The number of hydrogen-bond acceptors (Lipinski definition) is 3. The second-order valence-electron chi connectivity index (χ2n) is 6.61. The van der Waals surface area contributed by atoms with E-state index in [1.807, 2.05) is 0 Å². The van der Waals surface area contributed by atoms with Crippen LogP contribution in [0.2, 0.25) is 0 Å². The van der Waals surface area contributed by atoms with Crippen LogP contribution in [0.1, 0.15) is 39.0 Å². The molecule has 2 saturated carbocycles. The SMILES string of the molecule is CC1CC(C(=O)NCC2(N(C)C)CCC2)(C(N)=S)C1. The molecule has 0 aromatic heterocycles. The van der Waals surface area contributed by atoms with Gasteiger partial charge in [0.1, 0.15) is 0 Å². The van der Waals surface area contributed by atoms with E-state index in [-0.39, 0.29) is 11.4 Å². The van der Waals surface area contributed by atoms with Crippen molar-refractivity contribution in [3.05, 3.63) is 0 Å². The minimum atomic E-state index is -0.577. The van der Waals surface area contributed by atoms with Gasteiger partial charge in [0.15, 0.2) is 0 Å². The van der Waals surface area contributed by atoms with E-state index in [0.717, 1.165) is 25.7 Å². The lowest BCUT2D eigenvalue weighted by atomic mass is 9.62. The summed E-state index contributed by atoms with van der Waals surface area (Å²) in [6, 6.07) is 0. The number of amides is 1. The molecule has 0 aromatic rings. The summed E-state index contributed by atoms with van der Waals surface area (Å²) < 4.78 is 0. The quantitative estimate of drug-likeness (QED) is 0.747. The van der Waals surface area contributed by atoms with Gasteiger partial charge in [0.25, 0.3) is 0 Å². The van der Waals surface area contributed by atoms with Crippen molar-refractivity contribution in [2.45, 2.75) is 44.6 Å². The second kappa shape index (κ2) is 5.02. The normalized spacial score (nSPS) is 32.3. The largest absolute Gasteiger partial charge is 0.392 e. The van der Waals surface area contributed by atoms with Crippen LogP contribution in [0.25, 0.3) is 0 Å². The van der Waals surface area contributed by atoms with Crippen molar-refractivity contribution in [2.75, 3.05) is 20.6 Å². The highest BCUT2D eigenvalue weighted by Crippen LogP contribution is 2.46. The van der Waals surface area contributed by atoms with Crippen molar-refractivity contribution in [1.29, 1.82) is 0 Å². The van der Waals surface area contributed by atoms with Crippen LogP contribution in [-0.4, -0.2) is 42.0 Å². The first-order valence-electron chi connectivity index (χ1n) is 7.08. The van der Waals surface area contributed by atoms with Gasteiger partial charge < -0.3 is 16.0 Å². The van der Waals surface area contributed by atoms with Crippen molar-refractivity contribution < 1.29 is 4.79 Å². The fourth-order valence-corrected chi connectivity index (χ4v) is 3.67.